The summed E-state index contributed by atoms with van der Waals surface area (Å²) in [6.45, 7) is 0.203. The summed E-state index contributed by atoms with van der Waals surface area (Å²) >= 11 is 5.85. The number of benzene rings is 2. The summed E-state index contributed by atoms with van der Waals surface area (Å²) in [6, 6.07) is 13.9. The molecule has 0 saturated heterocycles. The first kappa shape index (κ1) is 14.8. The van der Waals surface area contributed by atoms with E-state index in [2.05, 4.69) is 0 Å². The van der Waals surface area contributed by atoms with E-state index in [1.165, 1.54) is 4.90 Å². The van der Waals surface area contributed by atoms with Crippen LogP contribution < -0.4 is 5.73 Å². The topological polar surface area (TPSA) is 63.4 Å². The molecular weight excluding hydrogens is 300 g/mol. The maximum Gasteiger partial charge on any atom is 0.261 e. The lowest BCUT2D eigenvalue weighted by atomic mass is 10.1. The Morgan fingerprint density at radius 2 is 1.50 bits per heavy atom. The van der Waals surface area contributed by atoms with Crippen molar-refractivity contribution in [2.45, 2.75) is 12.5 Å². The molecule has 1 aliphatic heterocycles. The standard InChI is InChI=1S/C17H15ClN2O2/c18-12-7-5-11(6-8-12)9-13(19)10-20-16(21)14-3-1-2-4-15(14)17(20)22/h1-8,13H,9-10,19H2. The molecule has 1 atom stereocenters. The SMILES string of the molecule is NC(Cc1ccc(Cl)cc1)CN1C(=O)c2ccccc2C1=O. The van der Waals surface area contributed by atoms with Gasteiger partial charge in [0, 0.05) is 17.6 Å². The highest BCUT2D eigenvalue weighted by molar-refractivity contribution is 6.30. The van der Waals surface area contributed by atoms with E-state index in [9.17, 15) is 9.59 Å². The number of fused-ring (bicyclic) bond motifs is 1. The van der Waals surface area contributed by atoms with Gasteiger partial charge in [0.2, 0.25) is 0 Å². The number of hydrogen-bond donors (Lipinski definition) is 1. The normalized spacial score (nSPS) is 15.1. The van der Waals surface area contributed by atoms with Gasteiger partial charge in [0.25, 0.3) is 11.8 Å². The Labute approximate surface area is 133 Å². The fraction of sp³-hybridized carbons (Fsp3) is 0.176. The van der Waals surface area contributed by atoms with Crippen molar-refractivity contribution in [2.75, 3.05) is 6.54 Å². The van der Waals surface area contributed by atoms with Crippen LogP contribution in [0.4, 0.5) is 0 Å². The van der Waals surface area contributed by atoms with E-state index in [4.69, 9.17) is 17.3 Å². The average Bonchev–Trinajstić information content (AvgIpc) is 2.75. The van der Waals surface area contributed by atoms with Gasteiger partial charge in [0.1, 0.15) is 0 Å². The van der Waals surface area contributed by atoms with Crippen molar-refractivity contribution >= 4 is 23.4 Å². The quantitative estimate of drug-likeness (QED) is 0.882. The zero-order valence-electron chi connectivity index (χ0n) is 11.8. The highest BCUT2D eigenvalue weighted by atomic mass is 35.5. The second-order valence-electron chi connectivity index (χ2n) is 5.36. The molecule has 0 bridgehead atoms. The van der Waals surface area contributed by atoms with Crippen LogP contribution in [-0.4, -0.2) is 29.3 Å². The molecule has 0 saturated carbocycles. The number of rotatable bonds is 4. The minimum atomic E-state index is -0.316. The van der Waals surface area contributed by atoms with E-state index in [-0.39, 0.29) is 24.4 Å². The molecule has 2 aromatic rings. The number of amides is 2. The smallest absolute Gasteiger partial charge is 0.261 e. The maximum atomic E-state index is 12.3. The minimum Gasteiger partial charge on any atom is -0.326 e. The highest BCUT2D eigenvalue weighted by Crippen LogP contribution is 2.22. The monoisotopic (exact) mass is 314 g/mol. The summed E-state index contributed by atoms with van der Waals surface area (Å²) in [4.78, 5) is 25.8. The van der Waals surface area contributed by atoms with Gasteiger partial charge in [0.15, 0.2) is 0 Å². The van der Waals surface area contributed by atoms with Crippen molar-refractivity contribution < 1.29 is 9.59 Å². The Balaban J connectivity index is 1.70. The zero-order chi connectivity index (χ0) is 15.7. The molecule has 3 rings (SSSR count). The van der Waals surface area contributed by atoms with Crippen LogP contribution in [-0.2, 0) is 6.42 Å². The van der Waals surface area contributed by atoms with Gasteiger partial charge in [-0.25, -0.2) is 0 Å². The molecule has 0 aliphatic carbocycles. The lowest BCUT2D eigenvalue weighted by Crippen LogP contribution is -2.41. The zero-order valence-corrected chi connectivity index (χ0v) is 12.6. The predicted molar refractivity (Wildman–Crippen MR) is 84.9 cm³/mol. The third-order valence-electron chi connectivity index (χ3n) is 3.71. The highest BCUT2D eigenvalue weighted by Gasteiger charge is 2.35. The van der Waals surface area contributed by atoms with Crippen molar-refractivity contribution in [1.82, 2.24) is 4.90 Å². The molecule has 2 amide bonds. The van der Waals surface area contributed by atoms with Crippen LogP contribution in [0.1, 0.15) is 26.3 Å². The van der Waals surface area contributed by atoms with Gasteiger partial charge in [-0.3, -0.25) is 14.5 Å². The van der Waals surface area contributed by atoms with Crippen LogP contribution >= 0.6 is 11.6 Å². The Hall–Kier alpha value is -2.17. The molecule has 4 nitrogen and oxygen atoms in total. The first-order valence-corrected chi connectivity index (χ1v) is 7.39. The number of carbonyl (C=O) groups excluding carboxylic acids is 2. The summed E-state index contributed by atoms with van der Waals surface area (Å²) in [5.74, 6) is -0.542. The van der Waals surface area contributed by atoms with E-state index < -0.39 is 0 Å². The van der Waals surface area contributed by atoms with Gasteiger partial charge in [-0.1, -0.05) is 35.9 Å². The van der Waals surface area contributed by atoms with E-state index in [0.29, 0.717) is 22.6 Å². The van der Waals surface area contributed by atoms with E-state index in [0.717, 1.165) is 5.56 Å². The third-order valence-corrected chi connectivity index (χ3v) is 3.96. The molecule has 1 aliphatic rings. The van der Waals surface area contributed by atoms with Gasteiger partial charge in [-0.15, -0.1) is 0 Å². The number of carbonyl (C=O) groups is 2. The van der Waals surface area contributed by atoms with Gasteiger partial charge >= 0.3 is 0 Å². The van der Waals surface area contributed by atoms with Crippen molar-refractivity contribution in [3.63, 3.8) is 0 Å². The van der Waals surface area contributed by atoms with E-state index >= 15 is 0 Å². The van der Waals surface area contributed by atoms with Crippen LogP contribution in [0, 0.1) is 0 Å². The van der Waals surface area contributed by atoms with Crippen molar-refractivity contribution in [3.8, 4) is 0 Å². The summed E-state index contributed by atoms with van der Waals surface area (Å²) in [7, 11) is 0. The molecule has 0 radical (unpaired) electrons. The number of halogens is 1. The third kappa shape index (κ3) is 2.75. The number of hydrogen-bond acceptors (Lipinski definition) is 3. The first-order chi connectivity index (χ1) is 10.6. The van der Waals surface area contributed by atoms with E-state index in [1.54, 1.807) is 36.4 Å². The van der Waals surface area contributed by atoms with Gasteiger partial charge in [-0.05, 0) is 36.2 Å². The second-order valence-corrected chi connectivity index (χ2v) is 5.79. The second kappa shape index (κ2) is 5.91. The number of nitrogens with zero attached hydrogens (tertiary/aromatic N) is 1. The molecule has 2 aromatic carbocycles. The van der Waals surface area contributed by atoms with Crippen LogP contribution in [0.15, 0.2) is 48.5 Å². The summed E-state index contributed by atoms with van der Waals surface area (Å²) in [6.07, 6.45) is 0.574. The van der Waals surface area contributed by atoms with Gasteiger partial charge < -0.3 is 5.73 Å². The molecule has 1 heterocycles. The fourth-order valence-corrected chi connectivity index (χ4v) is 2.75. The van der Waals surface area contributed by atoms with Gasteiger partial charge in [-0.2, -0.15) is 0 Å². The molecule has 112 valence electrons. The van der Waals surface area contributed by atoms with Crippen LogP contribution in [0.25, 0.3) is 0 Å². The van der Waals surface area contributed by atoms with Crippen LogP contribution in [0.5, 0.6) is 0 Å². The minimum absolute atomic E-state index is 0.203. The van der Waals surface area contributed by atoms with Crippen LogP contribution in [0.3, 0.4) is 0 Å². The van der Waals surface area contributed by atoms with Gasteiger partial charge in [0.05, 0.1) is 11.1 Å². The summed E-state index contributed by atoms with van der Waals surface area (Å²) in [5.41, 5.74) is 8.03. The average molecular weight is 315 g/mol. The number of nitrogens with two attached hydrogens (primary N) is 1. The van der Waals surface area contributed by atoms with Crippen molar-refractivity contribution in [1.29, 1.82) is 0 Å². The Bertz CT molecular complexity index is 693. The number of imide groups is 1. The lowest BCUT2D eigenvalue weighted by molar-refractivity contribution is 0.0644. The molecule has 5 heteroatoms. The lowest BCUT2D eigenvalue weighted by Gasteiger charge is -2.19. The maximum absolute atomic E-state index is 12.3. The molecule has 1 unspecified atom stereocenters. The van der Waals surface area contributed by atoms with Crippen LogP contribution in [0.2, 0.25) is 5.02 Å². The molecule has 0 spiro atoms. The molecule has 0 aromatic heterocycles. The Morgan fingerprint density at radius 1 is 0.955 bits per heavy atom. The van der Waals surface area contributed by atoms with Crippen molar-refractivity contribution in [2.24, 2.45) is 5.73 Å². The largest absolute Gasteiger partial charge is 0.326 e. The Morgan fingerprint density at radius 3 is 2.05 bits per heavy atom. The predicted octanol–water partition coefficient (Wildman–Crippen LogP) is 2.51. The summed E-state index contributed by atoms with van der Waals surface area (Å²) in [5, 5.41) is 0.665. The first-order valence-electron chi connectivity index (χ1n) is 7.01. The molecular formula is C17H15ClN2O2. The fourth-order valence-electron chi connectivity index (χ4n) is 2.63. The molecule has 2 N–H and O–H groups in total. The van der Waals surface area contributed by atoms with E-state index in [1.807, 2.05) is 12.1 Å². The van der Waals surface area contributed by atoms with Crippen molar-refractivity contribution in [3.05, 3.63) is 70.2 Å². The molecule has 0 fully saturated rings. The molecule has 22 heavy (non-hydrogen) atoms. The summed E-state index contributed by atoms with van der Waals surface area (Å²) < 4.78 is 0. The Kier molecular flexibility index (Phi) is 3.96.